The van der Waals surface area contributed by atoms with Gasteiger partial charge in [0.25, 0.3) is 0 Å². The molecule has 2 nitrogen and oxygen atoms in total. The number of rotatable bonds is 5. The van der Waals surface area contributed by atoms with Crippen molar-refractivity contribution in [2.24, 2.45) is 0 Å². The van der Waals surface area contributed by atoms with Crippen LogP contribution in [0.25, 0.3) is 0 Å². The minimum atomic E-state index is 0.746. The summed E-state index contributed by atoms with van der Waals surface area (Å²) in [5, 5.41) is 3.24. The van der Waals surface area contributed by atoms with Crippen LogP contribution in [0.3, 0.4) is 0 Å². The quantitative estimate of drug-likeness (QED) is 0.859. The summed E-state index contributed by atoms with van der Waals surface area (Å²) in [6.45, 7) is 5.82. The van der Waals surface area contributed by atoms with E-state index < -0.39 is 0 Å². The highest BCUT2D eigenvalue weighted by Crippen LogP contribution is 2.20. The van der Waals surface area contributed by atoms with Gasteiger partial charge in [-0.2, -0.15) is 0 Å². The van der Waals surface area contributed by atoms with Crippen molar-refractivity contribution in [1.29, 1.82) is 0 Å². The molecular formula is C16H26N2. The van der Waals surface area contributed by atoms with Crippen LogP contribution in [0.2, 0.25) is 0 Å². The molecule has 0 spiro atoms. The third kappa shape index (κ3) is 3.56. The minimum Gasteiger partial charge on any atom is -0.319 e. The molecule has 1 unspecified atom stereocenters. The zero-order valence-corrected chi connectivity index (χ0v) is 11.8. The minimum absolute atomic E-state index is 0.746. The molecule has 100 valence electrons. The Morgan fingerprint density at radius 2 is 2.00 bits per heavy atom. The molecule has 0 radical (unpaired) electrons. The van der Waals surface area contributed by atoms with E-state index in [0.717, 1.165) is 25.6 Å². The van der Waals surface area contributed by atoms with E-state index >= 15 is 0 Å². The van der Waals surface area contributed by atoms with Gasteiger partial charge >= 0.3 is 0 Å². The van der Waals surface area contributed by atoms with E-state index in [-0.39, 0.29) is 0 Å². The molecule has 0 bridgehead atoms. The molecule has 1 aliphatic heterocycles. The van der Waals surface area contributed by atoms with E-state index in [1.165, 1.54) is 36.9 Å². The van der Waals surface area contributed by atoms with Crippen molar-refractivity contribution in [1.82, 2.24) is 10.2 Å². The van der Waals surface area contributed by atoms with Gasteiger partial charge in [0.1, 0.15) is 0 Å². The van der Waals surface area contributed by atoms with Crippen LogP contribution in [0.1, 0.15) is 37.3 Å². The highest BCUT2D eigenvalue weighted by molar-refractivity contribution is 5.27. The maximum Gasteiger partial charge on any atom is 0.0239 e. The number of nitrogens with one attached hydrogen (secondary N) is 1. The van der Waals surface area contributed by atoms with Crippen molar-refractivity contribution in [2.45, 2.75) is 45.2 Å². The van der Waals surface area contributed by atoms with E-state index in [4.69, 9.17) is 0 Å². The van der Waals surface area contributed by atoms with Crippen LogP contribution >= 0.6 is 0 Å². The van der Waals surface area contributed by atoms with Gasteiger partial charge in [0.2, 0.25) is 0 Å². The van der Waals surface area contributed by atoms with Gasteiger partial charge in [0, 0.05) is 12.6 Å². The van der Waals surface area contributed by atoms with E-state index in [0.29, 0.717) is 0 Å². The molecule has 1 aromatic carbocycles. The van der Waals surface area contributed by atoms with Gasteiger partial charge in [-0.1, -0.05) is 30.7 Å². The first kappa shape index (κ1) is 13.6. The number of nitrogens with zero attached hydrogens (tertiary/aromatic N) is 1. The van der Waals surface area contributed by atoms with Crippen molar-refractivity contribution >= 4 is 0 Å². The zero-order valence-electron chi connectivity index (χ0n) is 11.8. The van der Waals surface area contributed by atoms with Crippen molar-refractivity contribution in [3.8, 4) is 0 Å². The van der Waals surface area contributed by atoms with Crippen LogP contribution in [0.4, 0.5) is 0 Å². The van der Waals surface area contributed by atoms with Crippen molar-refractivity contribution in [2.75, 3.05) is 20.1 Å². The van der Waals surface area contributed by atoms with Gasteiger partial charge in [0.15, 0.2) is 0 Å². The normalized spacial score (nSPS) is 21.1. The largest absolute Gasteiger partial charge is 0.319 e. The van der Waals surface area contributed by atoms with E-state index in [9.17, 15) is 0 Å². The lowest BCUT2D eigenvalue weighted by Gasteiger charge is -2.33. The Balaban J connectivity index is 2.03. The fourth-order valence-electron chi connectivity index (χ4n) is 2.83. The van der Waals surface area contributed by atoms with Gasteiger partial charge < -0.3 is 5.32 Å². The van der Waals surface area contributed by atoms with Crippen LogP contribution in [0.5, 0.6) is 0 Å². The first-order chi connectivity index (χ1) is 8.81. The van der Waals surface area contributed by atoms with Gasteiger partial charge in [0.05, 0.1) is 0 Å². The molecule has 1 atom stereocenters. The second kappa shape index (κ2) is 6.91. The number of piperidine rings is 1. The Morgan fingerprint density at radius 1 is 1.22 bits per heavy atom. The summed E-state index contributed by atoms with van der Waals surface area (Å²) in [6, 6.07) is 9.66. The summed E-state index contributed by atoms with van der Waals surface area (Å²) < 4.78 is 0. The third-order valence-electron chi connectivity index (χ3n) is 4.08. The van der Waals surface area contributed by atoms with Crippen molar-refractivity contribution in [3.05, 3.63) is 35.4 Å². The average molecular weight is 246 g/mol. The first-order valence-electron chi connectivity index (χ1n) is 7.26. The molecule has 0 aliphatic carbocycles. The maximum atomic E-state index is 3.24. The van der Waals surface area contributed by atoms with Crippen molar-refractivity contribution < 1.29 is 0 Å². The second-order valence-electron chi connectivity index (χ2n) is 5.44. The fourth-order valence-corrected chi connectivity index (χ4v) is 2.83. The Labute approximate surface area is 111 Å². The highest BCUT2D eigenvalue weighted by atomic mass is 15.2. The molecule has 18 heavy (non-hydrogen) atoms. The molecule has 1 aliphatic rings. The average Bonchev–Trinajstić information content (AvgIpc) is 2.40. The SMILES string of the molecule is CNCCc1ccccc1CN1CCCCC1C. The smallest absolute Gasteiger partial charge is 0.0239 e. The number of likely N-dealkylation sites (N-methyl/N-ethyl adjacent to an activating group) is 1. The van der Waals surface area contributed by atoms with Crippen LogP contribution in [0.15, 0.2) is 24.3 Å². The summed E-state index contributed by atoms with van der Waals surface area (Å²) in [6.07, 6.45) is 5.26. The summed E-state index contributed by atoms with van der Waals surface area (Å²) in [5.41, 5.74) is 3.02. The molecule has 2 heteroatoms. The Kier molecular flexibility index (Phi) is 5.21. The van der Waals surface area contributed by atoms with Gasteiger partial charge in [-0.3, -0.25) is 4.90 Å². The number of hydrogen-bond acceptors (Lipinski definition) is 2. The molecule has 1 aromatic rings. The van der Waals surface area contributed by atoms with E-state index in [2.05, 4.69) is 41.4 Å². The summed E-state index contributed by atoms with van der Waals surface area (Å²) in [7, 11) is 2.02. The maximum absolute atomic E-state index is 3.24. The predicted molar refractivity (Wildman–Crippen MR) is 77.8 cm³/mol. The number of benzene rings is 1. The molecule has 1 N–H and O–H groups in total. The molecular weight excluding hydrogens is 220 g/mol. The fraction of sp³-hybridized carbons (Fsp3) is 0.625. The number of likely N-dealkylation sites (tertiary alicyclic amines) is 1. The molecule has 1 saturated heterocycles. The third-order valence-corrected chi connectivity index (χ3v) is 4.08. The standard InChI is InChI=1S/C16H26N2/c1-14-7-5-6-12-18(14)13-16-9-4-3-8-15(16)10-11-17-2/h3-4,8-9,14,17H,5-7,10-13H2,1-2H3. The van der Waals surface area contributed by atoms with Crippen LogP contribution in [-0.2, 0) is 13.0 Å². The molecule has 1 fully saturated rings. The monoisotopic (exact) mass is 246 g/mol. The molecule has 2 rings (SSSR count). The van der Waals surface area contributed by atoms with Crippen LogP contribution < -0.4 is 5.32 Å². The van der Waals surface area contributed by atoms with Gasteiger partial charge in [-0.15, -0.1) is 0 Å². The highest BCUT2D eigenvalue weighted by Gasteiger charge is 2.18. The molecule has 1 heterocycles. The van der Waals surface area contributed by atoms with Crippen LogP contribution in [0, 0.1) is 0 Å². The molecule has 0 amide bonds. The van der Waals surface area contributed by atoms with E-state index in [1.54, 1.807) is 0 Å². The number of hydrogen-bond donors (Lipinski definition) is 1. The zero-order chi connectivity index (χ0) is 12.8. The Bertz CT molecular complexity index is 362. The lowest BCUT2D eigenvalue weighted by atomic mass is 10.00. The lowest BCUT2D eigenvalue weighted by molar-refractivity contribution is 0.152. The summed E-state index contributed by atoms with van der Waals surface area (Å²) in [4.78, 5) is 2.64. The first-order valence-corrected chi connectivity index (χ1v) is 7.26. The van der Waals surface area contributed by atoms with E-state index in [1.807, 2.05) is 7.05 Å². The lowest BCUT2D eigenvalue weighted by Crippen LogP contribution is -2.37. The van der Waals surface area contributed by atoms with Crippen LogP contribution in [-0.4, -0.2) is 31.1 Å². The van der Waals surface area contributed by atoms with Crippen molar-refractivity contribution in [3.63, 3.8) is 0 Å². The predicted octanol–water partition coefficient (Wildman–Crippen LogP) is 2.82. The van der Waals surface area contributed by atoms with Gasteiger partial charge in [-0.25, -0.2) is 0 Å². The Morgan fingerprint density at radius 3 is 2.72 bits per heavy atom. The second-order valence-corrected chi connectivity index (χ2v) is 5.44. The topological polar surface area (TPSA) is 15.3 Å². The van der Waals surface area contributed by atoms with Gasteiger partial charge in [-0.05, 0) is 57.5 Å². The molecule has 0 aromatic heterocycles. The summed E-state index contributed by atoms with van der Waals surface area (Å²) >= 11 is 0. The summed E-state index contributed by atoms with van der Waals surface area (Å²) in [5.74, 6) is 0. The Hall–Kier alpha value is -0.860. The molecule has 0 saturated carbocycles.